The van der Waals surface area contributed by atoms with Gasteiger partial charge in [0.25, 0.3) is 0 Å². The third kappa shape index (κ3) is 2.65. The van der Waals surface area contributed by atoms with Crippen LogP contribution in [-0.4, -0.2) is 10.7 Å². The van der Waals surface area contributed by atoms with E-state index in [2.05, 4.69) is 4.98 Å². The smallest absolute Gasteiger partial charge is 0.119 e. The van der Waals surface area contributed by atoms with E-state index in [-0.39, 0.29) is 0 Å². The van der Waals surface area contributed by atoms with Crippen molar-refractivity contribution in [3.8, 4) is 0 Å². The summed E-state index contributed by atoms with van der Waals surface area (Å²) < 4.78 is 0. The van der Waals surface area contributed by atoms with Gasteiger partial charge in [-0.3, -0.25) is 0 Å². The first kappa shape index (κ1) is 10.8. The average Bonchev–Trinajstić information content (AvgIpc) is 2.73. The molecule has 1 aromatic rings. The van der Waals surface area contributed by atoms with Gasteiger partial charge in [-0.05, 0) is 37.3 Å². The van der Waals surface area contributed by atoms with E-state index in [0.717, 1.165) is 22.2 Å². The first-order valence-corrected chi connectivity index (χ1v) is 6.60. The number of nitrogen functional groups attached to an aromatic ring is 1. The molecule has 1 aromatic heterocycles. The molecule has 0 aliphatic heterocycles. The summed E-state index contributed by atoms with van der Waals surface area (Å²) in [4.78, 5) is 4.34. The minimum atomic E-state index is 0.862. The summed E-state index contributed by atoms with van der Waals surface area (Å²) in [6.07, 6.45) is 7.43. The van der Waals surface area contributed by atoms with Crippen molar-refractivity contribution in [3.63, 3.8) is 0 Å². The molecule has 0 saturated heterocycles. The lowest BCUT2D eigenvalue weighted by Gasteiger charge is -2.10. The van der Waals surface area contributed by atoms with Gasteiger partial charge in [-0.1, -0.05) is 12.8 Å². The second kappa shape index (κ2) is 4.88. The molecule has 1 fully saturated rings. The molecular formula is C12H18N2S. The fraction of sp³-hybridized carbons (Fsp3) is 0.583. The van der Waals surface area contributed by atoms with Crippen LogP contribution in [0, 0.1) is 12.8 Å². The van der Waals surface area contributed by atoms with E-state index in [4.69, 9.17) is 5.73 Å². The Morgan fingerprint density at radius 3 is 2.93 bits per heavy atom. The molecule has 0 spiro atoms. The number of anilines is 1. The Morgan fingerprint density at radius 1 is 1.47 bits per heavy atom. The van der Waals surface area contributed by atoms with Crippen LogP contribution in [0.3, 0.4) is 0 Å². The topological polar surface area (TPSA) is 38.9 Å². The van der Waals surface area contributed by atoms with E-state index in [9.17, 15) is 0 Å². The highest BCUT2D eigenvalue weighted by Crippen LogP contribution is 2.32. The summed E-state index contributed by atoms with van der Waals surface area (Å²) in [5, 5.41) is 1.02. The van der Waals surface area contributed by atoms with Gasteiger partial charge in [-0.15, -0.1) is 11.8 Å². The number of nitrogens with two attached hydrogens (primary N) is 1. The Balaban J connectivity index is 1.95. The highest BCUT2D eigenvalue weighted by atomic mass is 32.2. The van der Waals surface area contributed by atoms with Crippen LogP contribution in [0.1, 0.15) is 31.2 Å². The third-order valence-corrected chi connectivity index (χ3v) is 4.34. The second-order valence-electron chi connectivity index (χ2n) is 4.31. The van der Waals surface area contributed by atoms with Crippen molar-refractivity contribution in [1.82, 2.24) is 4.98 Å². The lowest BCUT2D eigenvalue weighted by atomic mass is 10.1. The fourth-order valence-corrected chi connectivity index (χ4v) is 3.21. The third-order valence-electron chi connectivity index (χ3n) is 3.10. The van der Waals surface area contributed by atoms with Crippen LogP contribution in [0.4, 0.5) is 5.69 Å². The molecule has 82 valence electrons. The maximum Gasteiger partial charge on any atom is 0.119 e. The highest BCUT2D eigenvalue weighted by molar-refractivity contribution is 7.99. The number of pyridine rings is 1. The molecular weight excluding hydrogens is 204 g/mol. The maximum absolute atomic E-state index is 5.98. The van der Waals surface area contributed by atoms with E-state index in [1.165, 1.54) is 31.4 Å². The zero-order valence-electron chi connectivity index (χ0n) is 9.20. The molecule has 2 N–H and O–H groups in total. The molecule has 0 amide bonds. The largest absolute Gasteiger partial charge is 0.396 e. The zero-order chi connectivity index (χ0) is 10.7. The normalized spacial score (nSPS) is 17.1. The second-order valence-corrected chi connectivity index (χ2v) is 5.32. The zero-order valence-corrected chi connectivity index (χ0v) is 10.0. The molecule has 15 heavy (non-hydrogen) atoms. The predicted molar refractivity (Wildman–Crippen MR) is 66.1 cm³/mol. The molecule has 0 aromatic carbocycles. The predicted octanol–water partition coefficient (Wildman–Crippen LogP) is 3.25. The van der Waals surface area contributed by atoms with Gasteiger partial charge in [0.2, 0.25) is 0 Å². The van der Waals surface area contributed by atoms with Gasteiger partial charge in [0.1, 0.15) is 5.03 Å². The van der Waals surface area contributed by atoms with Gasteiger partial charge in [0.15, 0.2) is 0 Å². The first-order valence-electron chi connectivity index (χ1n) is 5.61. The van der Waals surface area contributed by atoms with E-state index in [1.54, 1.807) is 0 Å². The molecule has 3 heteroatoms. The van der Waals surface area contributed by atoms with E-state index < -0.39 is 0 Å². The van der Waals surface area contributed by atoms with Crippen molar-refractivity contribution >= 4 is 17.4 Å². The molecule has 0 unspecified atom stereocenters. The minimum Gasteiger partial charge on any atom is -0.396 e. The van der Waals surface area contributed by atoms with Crippen LogP contribution in [0.15, 0.2) is 17.3 Å². The summed E-state index contributed by atoms with van der Waals surface area (Å²) in [6.45, 7) is 2.04. The number of hydrogen-bond acceptors (Lipinski definition) is 3. The summed E-state index contributed by atoms with van der Waals surface area (Å²) in [5.74, 6) is 2.07. The van der Waals surface area contributed by atoms with Gasteiger partial charge in [-0.2, -0.15) is 0 Å². The molecule has 1 saturated carbocycles. The van der Waals surface area contributed by atoms with E-state index in [0.29, 0.717) is 0 Å². The number of aryl methyl sites for hydroxylation is 1. The summed E-state index contributed by atoms with van der Waals surface area (Å²) in [7, 11) is 0. The van der Waals surface area contributed by atoms with Crippen LogP contribution in [-0.2, 0) is 0 Å². The molecule has 1 aliphatic carbocycles. The number of aromatic nitrogens is 1. The Labute approximate surface area is 95.7 Å². The maximum atomic E-state index is 5.98. The average molecular weight is 222 g/mol. The molecule has 2 nitrogen and oxygen atoms in total. The monoisotopic (exact) mass is 222 g/mol. The molecule has 0 radical (unpaired) electrons. The van der Waals surface area contributed by atoms with Crippen LogP contribution in [0.25, 0.3) is 0 Å². The van der Waals surface area contributed by atoms with Crippen molar-refractivity contribution in [1.29, 1.82) is 0 Å². The van der Waals surface area contributed by atoms with Crippen molar-refractivity contribution in [2.24, 2.45) is 5.92 Å². The standard InChI is InChI=1S/C12H18N2S/c1-9-6-7-14-12(11(9)13)15-8-10-4-2-3-5-10/h6-7,10H,2-5,8,13H2,1H3. The Kier molecular flexibility index (Phi) is 3.52. The lowest BCUT2D eigenvalue weighted by molar-refractivity contribution is 0.623. The Bertz CT molecular complexity index is 332. The van der Waals surface area contributed by atoms with Crippen LogP contribution >= 0.6 is 11.8 Å². The van der Waals surface area contributed by atoms with E-state index in [1.807, 2.05) is 30.9 Å². The summed E-state index contributed by atoms with van der Waals surface area (Å²) >= 11 is 1.82. The van der Waals surface area contributed by atoms with Crippen molar-refractivity contribution in [2.75, 3.05) is 11.5 Å². The summed E-state index contributed by atoms with van der Waals surface area (Å²) in [5.41, 5.74) is 7.98. The SMILES string of the molecule is Cc1ccnc(SCC2CCCC2)c1N. The van der Waals surface area contributed by atoms with Gasteiger partial charge in [0, 0.05) is 11.9 Å². The van der Waals surface area contributed by atoms with Gasteiger partial charge < -0.3 is 5.73 Å². The quantitative estimate of drug-likeness (QED) is 0.798. The van der Waals surface area contributed by atoms with E-state index >= 15 is 0 Å². The summed E-state index contributed by atoms with van der Waals surface area (Å²) in [6, 6.07) is 1.97. The van der Waals surface area contributed by atoms with Crippen LogP contribution in [0.5, 0.6) is 0 Å². The molecule has 0 atom stereocenters. The van der Waals surface area contributed by atoms with Gasteiger partial charge in [0.05, 0.1) is 5.69 Å². The van der Waals surface area contributed by atoms with Crippen LogP contribution < -0.4 is 5.73 Å². The minimum absolute atomic E-state index is 0.862. The molecule has 1 heterocycles. The lowest BCUT2D eigenvalue weighted by Crippen LogP contribution is -2.00. The number of hydrogen-bond donors (Lipinski definition) is 1. The van der Waals surface area contributed by atoms with Crippen molar-refractivity contribution in [3.05, 3.63) is 17.8 Å². The number of thioether (sulfide) groups is 1. The molecule has 2 rings (SSSR count). The molecule has 1 aliphatic rings. The van der Waals surface area contributed by atoms with Crippen molar-refractivity contribution in [2.45, 2.75) is 37.6 Å². The molecule has 0 bridgehead atoms. The highest BCUT2D eigenvalue weighted by Gasteiger charge is 2.16. The Morgan fingerprint density at radius 2 is 2.20 bits per heavy atom. The van der Waals surface area contributed by atoms with Crippen LogP contribution in [0.2, 0.25) is 0 Å². The van der Waals surface area contributed by atoms with Gasteiger partial charge >= 0.3 is 0 Å². The Hall–Kier alpha value is -0.700. The number of nitrogens with zero attached hydrogens (tertiary/aromatic N) is 1. The van der Waals surface area contributed by atoms with Gasteiger partial charge in [-0.25, -0.2) is 4.98 Å². The van der Waals surface area contributed by atoms with Crippen molar-refractivity contribution < 1.29 is 0 Å². The fourth-order valence-electron chi connectivity index (χ4n) is 2.03. The number of rotatable bonds is 3. The first-order chi connectivity index (χ1) is 7.27.